The molecule has 20 heavy (non-hydrogen) atoms. The van der Waals surface area contributed by atoms with Crippen LogP contribution in [0.2, 0.25) is 0 Å². The molecule has 0 amide bonds. The summed E-state index contributed by atoms with van der Waals surface area (Å²) in [5.74, 6) is 0.888. The van der Waals surface area contributed by atoms with Gasteiger partial charge >= 0.3 is 0 Å². The van der Waals surface area contributed by atoms with Crippen LogP contribution < -0.4 is 10.7 Å². The first-order valence-corrected chi connectivity index (χ1v) is 6.77. The molecular weight excluding hydrogens is 254 g/mol. The predicted octanol–water partition coefficient (Wildman–Crippen LogP) is 2.03. The molecular formula is C14H23N5O. The van der Waals surface area contributed by atoms with Crippen LogP contribution in [0.25, 0.3) is 0 Å². The minimum atomic E-state index is 0.0459. The van der Waals surface area contributed by atoms with Crippen LogP contribution in [-0.2, 0) is 4.84 Å². The van der Waals surface area contributed by atoms with Gasteiger partial charge < -0.3 is 15.6 Å². The number of nitrogens with one attached hydrogen (secondary N) is 2. The van der Waals surface area contributed by atoms with Crippen LogP contribution in [0.4, 0.5) is 0 Å². The predicted molar refractivity (Wildman–Crippen MR) is 83.8 cm³/mol. The summed E-state index contributed by atoms with van der Waals surface area (Å²) in [5.41, 5.74) is 3.88. The van der Waals surface area contributed by atoms with Gasteiger partial charge in [0.2, 0.25) is 0 Å². The second kappa shape index (κ2) is 8.90. The molecule has 0 aromatic carbocycles. The molecule has 0 saturated carbocycles. The molecule has 0 spiro atoms. The highest BCUT2D eigenvalue weighted by molar-refractivity contribution is 5.68. The van der Waals surface area contributed by atoms with Gasteiger partial charge in [0.1, 0.15) is 5.76 Å². The first-order valence-electron chi connectivity index (χ1n) is 6.77. The van der Waals surface area contributed by atoms with Gasteiger partial charge in [-0.25, -0.2) is 4.99 Å². The standard InChI is InChI=1S/C14H23N5O/c1-5-17-18-9-11(3)14-8-13(15-10-16-14)7-12(4)20-19-6-2/h6-11,13,17H,5H2,1-4H3,(H,15,16)/b12-7+,18-9-,19-6+. The van der Waals surface area contributed by atoms with Gasteiger partial charge in [-0.15, -0.1) is 0 Å². The van der Waals surface area contributed by atoms with Gasteiger partial charge in [-0.2, -0.15) is 5.10 Å². The van der Waals surface area contributed by atoms with Crippen LogP contribution >= 0.6 is 0 Å². The largest absolute Gasteiger partial charge is 0.366 e. The number of allylic oxidation sites excluding steroid dienone is 2. The van der Waals surface area contributed by atoms with E-state index in [0.717, 1.165) is 18.0 Å². The maximum absolute atomic E-state index is 5.15. The van der Waals surface area contributed by atoms with E-state index in [4.69, 9.17) is 4.84 Å². The summed E-state index contributed by atoms with van der Waals surface area (Å²) < 4.78 is 0. The Labute approximate surface area is 120 Å². The van der Waals surface area contributed by atoms with Gasteiger partial charge in [0, 0.05) is 30.6 Å². The van der Waals surface area contributed by atoms with Crippen LogP contribution in [0, 0.1) is 5.92 Å². The van der Waals surface area contributed by atoms with E-state index >= 15 is 0 Å². The Morgan fingerprint density at radius 2 is 2.45 bits per heavy atom. The molecule has 2 N–H and O–H groups in total. The molecule has 6 nitrogen and oxygen atoms in total. The number of aliphatic imine (C=N–C) groups is 1. The Bertz CT molecular complexity index is 437. The van der Waals surface area contributed by atoms with Crippen molar-refractivity contribution in [3.63, 3.8) is 0 Å². The van der Waals surface area contributed by atoms with Gasteiger partial charge in [0.15, 0.2) is 0 Å². The van der Waals surface area contributed by atoms with Gasteiger partial charge in [-0.05, 0) is 32.9 Å². The Morgan fingerprint density at radius 3 is 3.15 bits per heavy atom. The lowest BCUT2D eigenvalue weighted by molar-refractivity contribution is 0.229. The fourth-order valence-corrected chi connectivity index (χ4v) is 1.59. The van der Waals surface area contributed by atoms with E-state index in [9.17, 15) is 0 Å². The van der Waals surface area contributed by atoms with Crippen LogP contribution in [0.3, 0.4) is 0 Å². The number of oxime groups is 1. The summed E-state index contributed by atoms with van der Waals surface area (Å²) in [4.78, 5) is 9.48. The average Bonchev–Trinajstić information content (AvgIpc) is 2.45. The normalized spacial score (nSPS) is 20.9. The maximum Gasteiger partial charge on any atom is 0.130 e. The monoisotopic (exact) mass is 277 g/mol. The lowest BCUT2D eigenvalue weighted by atomic mass is 10.1. The van der Waals surface area contributed by atoms with Gasteiger partial charge in [-0.3, -0.25) is 0 Å². The minimum Gasteiger partial charge on any atom is -0.366 e. The van der Waals surface area contributed by atoms with E-state index in [0.29, 0.717) is 0 Å². The highest BCUT2D eigenvalue weighted by Crippen LogP contribution is 2.14. The molecule has 0 fully saturated rings. The number of rotatable bonds is 7. The third-order valence-electron chi connectivity index (χ3n) is 2.56. The topological polar surface area (TPSA) is 70.4 Å². The summed E-state index contributed by atoms with van der Waals surface area (Å²) in [6.45, 7) is 8.55. The van der Waals surface area contributed by atoms with Crippen LogP contribution in [0.1, 0.15) is 27.7 Å². The quantitative estimate of drug-likeness (QED) is 0.425. The first-order chi connectivity index (χ1) is 9.67. The molecule has 6 heteroatoms. The highest BCUT2D eigenvalue weighted by Gasteiger charge is 2.12. The van der Waals surface area contributed by atoms with Crippen LogP contribution in [0.15, 0.2) is 38.9 Å². The van der Waals surface area contributed by atoms with Crippen molar-refractivity contribution < 1.29 is 4.84 Å². The molecule has 110 valence electrons. The van der Waals surface area contributed by atoms with Crippen molar-refractivity contribution in [3.8, 4) is 0 Å². The zero-order valence-corrected chi connectivity index (χ0v) is 12.5. The summed E-state index contributed by atoms with van der Waals surface area (Å²) in [6, 6.07) is 0.0459. The lowest BCUT2D eigenvalue weighted by Gasteiger charge is -2.17. The van der Waals surface area contributed by atoms with E-state index in [1.165, 1.54) is 0 Å². The lowest BCUT2D eigenvalue weighted by Crippen LogP contribution is -2.28. The Hall–Kier alpha value is -2.11. The minimum absolute atomic E-state index is 0.0459. The average molecular weight is 277 g/mol. The number of hydrogen-bond donors (Lipinski definition) is 2. The smallest absolute Gasteiger partial charge is 0.130 e. The molecule has 1 aliphatic rings. The molecule has 2 atom stereocenters. The zero-order valence-electron chi connectivity index (χ0n) is 12.5. The molecule has 1 rings (SSSR count). The molecule has 0 radical (unpaired) electrons. The van der Waals surface area contributed by atoms with Crippen molar-refractivity contribution in [2.45, 2.75) is 33.7 Å². The summed E-state index contributed by atoms with van der Waals surface area (Å²) in [7, 11) is 0. The van der Waals surface area contributed by atoms with Gasteiger partial charge in [0.05, 0.1) is 12.4 Å². The van der Waals surface area contributed by atoms with Crippen molar-refractivity contribution in [1.29, 1.82) is 0 Å². The SMILES string of the molecule is C/C=N/O/C(C)=C/C1C=C(C(C)/C=N\NCC)N=CN1. The number of nitrogens with zero attached hydrogens (tertiary/aromatic N) is 3. The molecule has 0 aromatic heterocycles. The maximum atomic E-state index is 5.15. The van der Waals surface area contributed by atoms with Crippen molar-refractivity contribution in [2.24, 2.45) is 21.2 Å². The first kappa shape index (κ1) is 15.9. The summed E-state index contributed by atoms with van der Waals surface area (Å²) in [6.07, 6.45) is 9.15. The fourth-order valence-electron chi connectivity index (χ4n) is 1.59. The van der Waals surface area contributed by atoms with E-state index in [2.05, 4.69) is 32.9 Å². The molecule has 0 aromatic rings. The molecule has 1 aliphatic heterocycles. The number of hydrazone groups is 1. The Morgan fingerprint density at radius 1 is 1.65 bits per heavy atom. The molecule has 0 saturated heterocycles. The Balaban J connectivity index is 2.66. The number of hydrogen-bond acceptors (Lipinski definition) is 6. The van der Waals surface area contributed by atoms with E-state index < -0.39 is 0 Å². The van der Waals surface area contributed by atoms with E-state index in [1.807, 2.05) is 39.1 Å². The highest BCUT2D eigenvalue weighted by atomic mass is 16.6. The molecule has 0 aliphatic carbocycles. The third kappa shape index (κ3) is 5.69. The van der Waals surface area contributed by atoms with Gasteiger partial charge in [-0.1, -0.05) is 12.1 Å². The van der Waals surface area contributed by atoms with Crippen LogP contribution in [0.5, 0.6) is 0 Å². The van der Waals surface area contributed by atoms with Crippen molar-refractivity contribution in [3.05, 3.63) is 23.6 Å². The van der Waals surface area contributed by atoms with Crippen LogP contribution in [-0.4, -0.2) is 31.4 Å². The molecule has 2 unspecified atom stereocenters. The second-order valence-electron chi connectivity index (χ2n) is 4.35. The molecule has 0 bridgehead atoms. The third-order valence-corrected chi connectivity index (χ3v) is 2.56. The second-order valence-corrected chi connectivity index (χ2v) is 4.35. The van der Waals surface area contributed by atoms with Crippen molar-refractivity contribution in [2.75, 3.05) is 6.54 Å². The van der Waals surface area contributed by atoms with Crippen molar-refractivity contribution in [1.82, 2.24) is 10.7 Å². The van der Waals surface area contributed by atoms with Crippen molar-refractivity contribution >= 4 is 18.8 Å². The van der Waals surface area contributed by atoms with E-state index in [1.54, 1.807) is 12.6 Å². The summed E-state index contributed by atoms with van der Waals surface area (Å²) in [5, 5.41) is 11.0. The Kier molecular flexibility index (Phi) is 7.10. The zero-order chi connectivity index (χ0) is 14.8. The summed E-state index contributed by atoms with van der Waals surface area (Å²) >= 11 is 0. The van der Waals surface area contributed by atoms with E-state index in [-0.39, 0.29) is 12.0 Å². The fraction of sp³-hybridized carbons (Fsp3) is 0.500. The molecule has 1 heterocycles. The van der Waals surface area contributed by atoms with Gasteiger partial charge in [0.25, 0.3) is 0 Å².